The Labute approximate surface area is 166 Å². The van der Waals surface area contributed by atoms with Crippen molar-refractivity contribution in [1.82, 2.24) is 4.72 Å². The zero-order valence-electron chi connectivity index (χ0n) is 15.7. The molecule has 0 saturated heterocycles. The van der Waals surface area contributed by atoms with Crippen LogP contribution in [0.1, 0.15) is 30.5 Å². The zero-order valence-corrected chi connectivity index (χ0v) is 16.5. The number of nitrogens with one attached hydrogen (secondary N) is 1. The van der Waals surface area contributed by atoms with Crippen molar-refractivity contribution >= 4 is 16.0 Å². The van der Waals surface area contributed by atoms with E-state index < -0.39 is 34.1 Å². The van der Waals surface area contributed by atoms with Crippen molar-refractivity contribution in [3.8, 4) is 5.75 Å². The lowest BCUT2D eigenvalue weighted by Gasteiger charge is -2.19. The number of benzene rings is 2. The van der Waals surface area contributed by atoms with Gasteiger partial charge in [0, 0.05) is 0 Å². The second-order valence-electron chi connectivity index (χ2n) is 6.11. The van der Waals surface area contributed by atoms with E-state index in [1.54, 1.807) is 31.2 Å². The Hall–Kier alpha value is -2.59. The maximum absolute atomic E-state index is 12.7. The Morgan fingerprint density at radius 3 is 2.17 bits per heavy atom. The van der Waals surface area contributed by atoms with Crippen molar-refractivity contribution in [2.24, 2.45) is 0 Å². The zero-order chi connectivity index (χ0) is 21.7. The summed E-state index contributed by atoms with van der Waals surface area (Å²) in [5.74, 6) is -1.13. The molecular formula is C19H20F3NO5S. The largest absolute Gasteiger partial charge is 0.573 e. The third-order valence-corrected chi connectivity index (χ3v) is 5.31. The highest BCUT2D eigenvalue weighted by atomic mass is 32.2. The molecule has 0 spiro atoms. The van der Waals surface area contributed by atoms with Crippen LogP contribution in [0.5, 0.6) is 5.75 Å². The van der Waals surface area contributed by atoms with Crippen molar-refractivity contribution in [3.05, 3.63) is 59.7 Å². The Bertz CT molecular complexity index is 926. The number of ether oxygens (including phenoxy) is 2. The molecule has 1 N–H and O–H groups in total. The predicted octanol–water partition coefficient (Wildman–Crippen LogP) is 3.87. The normalized spacial score (nSPS) is 13.0. The lowest BCUT2D eigenvalue weighted by atomic mass is 10.0. The minimum Gasteiger partial charge on any atom is -0.466 e. The fraction of sp³-hybridized carbons (Fsp3) is 0.316. The lowest BCUT2D eigenvalue weighted by Crippen LogP contribution is -2.30. The summed E-state index contributed by atoms with van der Waals surface area (Å²) in [5.41, 5.74) is 1.50. The van der Waals surface area contributed by atoms with Crippen LogP contribution in [-0.4, -0.2) is 27.4 Å². The summed E-state index contributed by atoms with van der Waals surface area (Å²) in [4.78, 5) is 11.6. The van der Waals surface area contributed by atoms with E-state index in [0.29, 0.717) is 5.56 Å². The number of hydrogen-bond donors (Lipinski definition) is 1. The van der Waals surface area contributed by atoms with Crippen LogP contribution in [0.25, 0.3) is 0 Å². The number of sulfonamides is 1. The molecule has 0 fully saturated rings. The predicted molar refractivity (Wildman–Crippen MR) is 98.6 cm³/mol. The number of carbonyl (C=O) groups excluding carboxylic acids is 1. The van der Waals surface area contributed by atoms with Gasteiger partial charge in [-0.2, -0.15) is 0 Å². The van der Waals surface area contributed by atoms with Gasteiger partial charge in [0.25, 0.3) is 0 Å². The summed E-state index contributed by atoms with van der Waals surface area (Å²) in [6, 6.07) is 9.76. The summed E-state index contributed by atoms with van der Waals surface area (Å²) in [7, 11) is -4.13. The van der Waals surface area contributed by atoms with Gasteiger partial charge in [0.05, 0.1) is 24.0 Å². The van der Waals surface area contributed by atoms with E-state index in [-0.39, 0.29) is 17.9 Å². The Kier molecular flexibility index (Phi) is 7.26. The van der Waals surface area contributed by atoms with Crippen LogP contribution >= 0.6 is 0 Å². The molecule has 0 bridgehead atoms. The summed E-state index contributed by atoms with van der Waals surface area (Å²) in [5, 5.41) is 0. The van der Waals surface area contributed by atoms with Crippen LogP contribution in [0, 0.1) is 6.92 Å². The minimum atomic E-state index is -4.88. The molecule has 0 unspecified atom stereocenters. The van der Waals surface area contributed by atoms with E-state index >= 15 is 0 Å². The molecule has 0 amide bonds. The van der Waals surface area contributed by atoms with Gasteiger partial charge in [0.1, 0.15) is 5.75 Å². The molecule has 1 atom stereocenters. The number of alkyl halides is 3. The van der Waals surface area contributed by atoms with Gasteiger partial charge in [-0.3, -0.25) is 4.79 Å². The van der Waals surface area contributed by atoms with Gasteiger partial charge in [0.2, 0.25) is 10.0 Å². The molecule has 0 radical (unpaired) electrons. The van der Waals surface area contributed by atoms with Crippen LogP contribution < -0.4 is 9.46 Å². The fourth-order valence-electron chi connectivity index (χ4n) is 2.49. The average Bonchev–Trinajstić information content (AvgIpc) is 2.61. The maximum Gasteiger partial charge on any atom is 0.573 e. The highest BCUT2D eigenvalue weighted by molar-refractivity contribution is 7.89. The Morgan fingerprint density at radius 2 is 1.66 bits per heavy atom. The van der Waals surface area contributed by atoms with E-state index in [0.717, 1.165) is 29.8 Å². The number of hydrogen-bond acceptors (Lipinski definition) is 5. The summed E-state index contributed by atoms with van der Waals surface area (Å²) >= 11 is 0. The van der Waals surface area contributed by atoms with Crippen molar-refractivity contribution in [2.75, 3.05) is 6.61 Å². The molecule has 2 aromatic carbocycles. The molecule has 0 aromatic heterocycles. The molecule has 2 rings (SSSR count). The molecule has 0 aliphatic heterocycles. The maximum atomic E-state index is 12.7. The molecule has 0 heterocycles. The first kappa shape index (κ1) is 22.7. The molecule has 29 heavy (non-hydrogen) atoms. The van der Waals surface area contributed by atoms with Gasteiger partial charge in [-0.1, -0.05) is 29.8 Å². The second-order valence-corrected chi connectivity index (χ2v) is 7.83. The van der Waals surface area contributed by atoms with Crippen LogP contribution in [-0.2, 0) is 19.6 Å². The molecule has 0 aliphatic rings. The Balaban J connectivity index is 2.25. The number of aryl methyl sites for hydroxylation is 1. The number of rotatable bonds is 8. The van der Waals surface area contributed by atoms with Gasteiger partial charge in [-0.25, -0.2) is 13.1 Å². The second kappa shape index (κ2) is 9.27. The molecule has 0 aliphatic carbocycles. The fourth-order valence-corrected chi connectivity index (χ4v) is 3.71. The van der Waals surface area contributed by atoms with E-state index in [1.807, 2.05) is 6.92 Å². The molecule has 2 aromatic rings. The van der Waals surface area contributed by atoms with E-state index in [2.05, 4.69) is 9.46 Å². The summed E-state index contributed by atoms with van der Waals surface area (Å²) in [6.07, 6.45) is -5.12. The van der Waals surface area contributed by atoms with Gasteiger partial charge in [-0.15, -0.1) is 13.2 Å². The van der Waals surface area contributed by atoms with Crippen molar-refractivity contribution in [2.45, 2.75) is 37.6 Å². The number of carbonyl (C=O) groups is 1. The van der Waals surface area contributed by atoms with Crippen LogP contribution in [0.2, 0.25) is 0 Å². The van der Waals surface area contributed by atoms with Crippen molar-refractivity contribution < 1.29 is 35.9 Å². The summed E-state index contributed by atoms with van der Waals surface area (Å²) in [6.45, 7) is 3.64. The standard InChI is InChI=1S/C19H20F3NO5S/c1-3-27-18(24)12-17(14-6-4-13(2)5-7-14)23-29(25,26)16-10-8-15(9-11-16)28-19(20,21)22/h4-11,17,23H,3,12H2,1-2H3/t17-/m0/s1. The van der Waals surface area contributed by atoms with Crippen molar-refractivity contribution in [3.63, 3.8) is 0 Å². The molecular weight excluding hydrogens is 411 g/mol. The molecule has 10 heteroatoms. The first-order valence-electron chi connectivity index (χ1n) is 8.60. The van der Waals surface area contributed by atoms with Crippen LogP contribution in [0.15, 0.2) is 53.4 Å². The van der Waals surface area contributed by atoms with E-state index in [1.165, 1.54) is 0 Å². The van der Waals surface area contributed by atoms with Gasteiger partial charge in [-0.05, 0) is 43.7 Å². The minimum absolute atomic E-state index is 0.146. The average molecular weight is 431 g/mol. The smallest absolute Gasteiger partial charge is 0.466 e. The lowest BCUT2D eigenvalue weighted by molar-refractivity contribution is -0.274. The Morgan fingerprint density at radius 1 is 1.07 bits per heavy atom. The van der Waals surface area contributed by atoms with Crippen LogP contribution in [0.3, 0.4) is 0 Å². The number of esters is 1. The van der Waals surface area contributed by atoms with Crippen molar-refractivity contribution in [1.29, 1.82) is 0 Å². The topological polar surface area (TPSA) is 81.7 Å². The van der Waals surface area contributed by atoms with Gasteiger partial charge < -0.3 is 9.47 Å². The van der Waals surface area contributed by atoms with Crippen LogP contribution in [0.4, 0.5) is 13.2 Å². The quantitative estimate of drug-likeness (QED) is 0.642. The monoisotopic (exact) mass is 431 g/mol. The first-order chi connectivity index (χ1) is 13.5. The SMILES string of the molecule is CCOC(=O)C[C@H](NS(=O)(=O)c1ccc(OC(F)(F)F)cc1)c1ccc(C)cc1. The highest BCUT2D eigenvalue weighted by Gasteiger charge is 2.31. The van der Waals surface area contributed by atoms with E-state index in [4.69, 9.17) is 4.74 Å². The number of halogens is 3. The first-order valence-corrected chi connectivity index (χ1v) is 10.1. The van der Waals surface area contributed by atoms with E-state index in [9.17, 15) is 26.4 Å². The molecule has 6 nitrogen and oxygen atoms in total. The third-order valence-electron chi connectivity index (χ3n) is 3.82. The van der Waals surface area contributed by atoms with Gasteiger partial charge in [0.15, 0.2) is 0 Å². The molecule has 158 valence electrons. The third kappa shape index (κ3) is 7.06. The highest BCUT2D eigenvalue weighted by Crippen LogP contribution is 2.25. The summed E-state index contributed by atoms with van der Waals surface area (Å²) < 4.78 is 73.2. The molecule has 0 saturated carbocycles. The van der Waals surface area contributed by atoms with Gasteiger partial charge >= 0.3 is 12.3 Å².